The maximum Gasteiger partial charge on any atom is 0.230 e. The largest absolute Gasteiger partial charge is 0.377 e. The topological polar surface area (TPSA) is 51.1 Å². The minimum atomic E-state index is 0.0895. The van der Waals surface area contributed by atoms with Gasteiger partial charge in [-0.25, -0.2) is 0 Å². The fourth-order valence-electron chi connectivity index (χ4n) is 1.01. The maximum atomic E-state index is 5.67. The predicted octanol–water partition coefficient (Wildman–Crippen LogP) is 2.04. The SMILES string of the molecule is CC(C)OCCN(C)c1nc(Cl)nc(Cl)n1. The molecule has 0 aromatic carbocycles. The Labute approximate surface area is 105 Å². The zero-order chi connectivity index (χ0) is 12.1. The Kier molecular flexibility index (Phi) is 5.18. The van der Waals surface area contributed by atoms with Gasteiger partial charge in [0.05, 0.1) is 12.7 Å². The first kappa shape index (κ1) is 13.4. The Balaban J connectivity index is 2.55. The molecule has 0 spiro atoms. The average molecular weight is 265 g/mol. The lowest BCUT2D eigenvalue weighted by molar-refractivity contribution is 0.0844. The van der Waals surface area contributed by atoms with Crippen LogP contribution in [0.2, 0.25) is 10.6 Å². The van der Waals surface area contributed by atoms with E-state index in [1.807, 2.05) is 25.8 Å². The monoisotopic (exact) mass is 264 g/mol. The third kappa shape index (κ3) is 4.47. The van der Waals surface area contributed by atoms with Crippen LogP contribution in [-0.2, 0) is 4.74 Å². The van der Waals surface area contributed by atoms with Crippen molar-refractivity contribution in [3.8, 4) is 0 Å². The summed E-state index contributed by atoms with van der Waals surface area (Å²) in [6, 6.07) is 0. The van der Waals surface area contributed by atoms with Crippen LogP contribution in [0, 0.1) is 0 Å². The number of ether oxygens (including phenoxy) is 1. The fourth-order valence-corrected chi connectivity index (χ4v) is 1.37. The Morgan fingerprint density at radius 1 is 1.19 bits per heavy atom. The first-order valence-corrected chi connectivity index (χ1v) is 5.64. The van der Waals surface area contributed by atoms with Crippen LogP contribution in [0.5, 0.6) is 0 Å². The highest BCUT2D eigenvalue weighted by Gasteiger charge is 2.08. The number of hydrogen-bond acceptors (Lipinski definition) is 5. The second kappa shape index (κ2) is 6.18. The summed E-state index contributed by atoms with van der Waals surface area (Å²) >= 11 is 11.3. The smallest absolute Gasteiger partial charge is 0.230 e. The van der Waals surface area contributed by atoms with E-state index in [0.717, 1.165) is 0 Å². The van der Waals surface area contributed by atoms with Gasteiger partial charge in [0.15, 0.2) is 0 Å². The molecule has 0 fully saturated rings. The number of likely N-dealkylation sites (N-methyl/N-ethyl adjacent to an activating group) is 1. The summed E-state index contributed by atoms with van der Waals surface area (Å²) in [4.78, 5) is 13.4. The van der Waals surface area contributed by atoms with E-state index in [4.69, 9.17) is 27.9 Å². The van der Waals surface area contributed by atoms with Crippen molar-refractivity contribution in [3.05, 3.63) is 10.6 Å². The molecule has 1 rings (SSSR count). The molecule has 1 aromatic rings. The molecule has 90 valence electrons. The summed E-state index contributed by atoms with van der Waals surface area (Å²) < 4.78 is 5.42. The molecule has 1 aromatic heterocycles. The summed E-state index contributed by atoms with van der Waals surface area (Å²) in [5.41, 5.74) is 0. The summed E-state index contributed by atoms with van der Waals surface area (Å²) in [5, 5.41) is 0.179. The van der Waals surface area contributed by atoms with Crippen LogP contribution in [0.15, 0.2) is 0 Å². The third-order valence-electron chi connectivity index (χ3n) is 1.79. The molecule has 0 aliphatic heterocycles. The Morgan fingerprint density at radius 2 is 1.75 bits per heavy atom. The van der Waals surface area contributed by atoms with Gasteiger partial charge in [0.2, 0.25) is 16.5 Å². The van der Waals surface area contributed by atoms with Crippen LogP contribution in [0.4, 0.5) is 5.95 Å². The number of aromatic nitrogens is 3. The zero-order valence-corrected chi connectivity index (χ0v) is 11.0. The lowest BCUT2D eigenvalue weighted by atomic mass is 10.5. The third-order valence-corrected chi connectivity index (χ3v) is 2.13. The number of nitrogens with zero attached hydrogens (tertiary/aromatic N) is 4. The molecule has 0 bridgehead atoms. The average Bonchev–Trinajstić information content (AvgIpc) is 2.15. The molecule has 0 amide bonds. The zero-order valence-electron chi connectivity index (χ0n) is 9.44. The molecule has 0 atom stereocenters. The van der Waals surface area contributed by atoms with Crippen molar-refractivity contribution in [3.63, 3.8) is 0 Å². The van der Waals surface area contributed by atoms with Crippen molar-refractivity contribution in [1.82, 2.24) is 15.0 Å². The number of rotatable bonds is 5. The van der Waals surface area contributed by atoms with E-state index in [2.05, 4.69) is 15.0 Å². The second-order valence-electron chi connectivity index (χ2n) is 3.51. The molecule has 0 radical (unpaired) electrons. The van der Waals surface area contributed by atoms with Gasteiger partial charge in [-0.2, -0.15) is 15.0 Å². The van der Waals surface area contributed by atoms with Crippen LogP contribution in [-0.4, -0.2) is 41.3 Å². The lowest BCUT2D eigenvalue weighted by Gasteiger charge is -2.17. The van der Waals surface area contributed by atoms with E-state index in [1.165, 1.54) is 0 Å². The van der Waals surface area contributed by atoms with E-state index < -0.39 is 0 Å². The normalized spacial score (nSPS) is 10.9. The van der Waals surface area contributed by atoms with Crippen molar-refractivity contribution in [2.24, 2.45) is 0 Å². The van der Waals surface area contributed by atoms with Crippen LogP contribution in [0.1, 0.15) is 13.8 Å². The number of halogens is 2. The highest BCUT2D eigenvalue weighted by molar-refractivity contribution is 6.31. The fraction of sp³-hybridized carbons (Fsp3) is 0.667. The molecule has 16 heavy (non-hydrogen) atoms. The van der Waals surface area contributed by atoms with Gasteiger partial charge in [-0.15, -0.1) is 0 Å². The molecule has 0 aliphatic rings. The van der Waals surface area contributed by atoms with E-state index in [-0.39, 0.29) is 16.7 Å². The summed E-state index contributed by atoms with van der Waals surface area (Å²) in [5.74, 6) is 0.442. The van der Waals surface area contributed by atoms with Gasteiger partial charge in [0.1, 0.15) is 0 Å². The van der Waals surface area contributed by atoms with Crippen LogP contribution >= 0.6 is 23.2 Å². The summed E-state index contributed by atoms with van der Waals surface area (Å²) in [7, 11) is 1.84. The van der Waals surface area contributed by atoms with E-state index in [9.17, 15) is 0 Å². The van der Waals surface area contributed by atoms with Gasteiger partial charge in [-0.05, 0) is 37.0 Å². The molecule has 0 unspecified atom stereocenters. The van der Waals surface area contributed by atoms with E-state index >= 15 is 0 Å². The minimum absolute atomic E-state index is 0.0895. The van der Waals surface area contributed by atoms with Crippen LogP contribution in [0.25, 0.3) is 0 Å². The quantitative estimate of drug-likeness (QED) is 0.815. The highest BCUT2D eigenvalue weighted by atomic mass is 35.5. The van der Waals surface area contributed by atoms with Crippen molar-refractivity contribution in [2.45, 2.75) is 20.0 Å². The minimum Gasteiger partial charge on any atom is -0.377 e. The molecule has 0 saturated carbocycles. The lowest BCUT2D eigenvalue weighted by Crippen LogP contribution is -2.25. The molecule has 0 N–H and O–H groups in total. The predicted molar refractivity (Wildman–Crippen MR) is 64.2 cm³/mol. The Hall–Kier alpha value is -0.650. The van der Waals surface area contributed by atoms with Gasteiger partial charge in [0, 0.05) is 13.6 Å². The van der Waals surface area contributed by atoms with Gasteiger partial charge >= 0.3 is 0 Å². The maximum absolute atomic E-state index is 5.67. The molecular weight excluding hydrogens is 251 g/mol. The standard InChI is InChI=1S/C9H14Cl2N4O/c1-6(2)16-5-4-15(3)9-13-7(10)12-8(11)14-9/h6H,4-5H2,1-3H3. The molecule has 0 aliphatic carbocycles. The number of anilines is 1. The van der Waals surface area contributed by atoms with Crippen molar-refractivity contribution in [1.29, 1.82) is 0 Å². The van der Waals surface area contributed by atoms with Crippen LogP contribution in [0.3, 0.4) is 0 Å². The molecule has 5 nitrogen and oxygen atoms in total. The molecule has 1 heterocycles. The van der Waals surface area contributed by atoms with Crippen LogP contribution < -0.4 is 4.90 Å². The Morgan fingerprint density at radius 3 is 2.25 bits per heavy atom. The van der Waals surface area contributed by atoms with Gasteiger partial charge in [-0.3, -0.25) is 0 Å². The molecular formula is C9H14Cl2N4O. The molecule has 7 heteroatoms. The van der Waals surface area contributed by atoms with Gasteiger partial charge in [-0.1, -0.05) is 0 Å². The van der Waals surface area contributed by atoms with Crippen molar-refractivity contribution < 1.29 is 4.74 Å². The van der Waals surface area contributed by atoms with Crippen molar-refractivity contribution >= 4 is 29.2 Å². The first-order valence-electron chi connectivity index (χ1n) is 4.89. The summed E-state index contributed by atoms with van der Waals surface area (Å²) in [6.07, 6.45) is 0.207. The Bertz CT molecular complexity index is 328. The second-order valence-corrected chi connectivity index (χ2v) is 4.19. The molecule has 0 saturated heterocycles. The number of hydrogen-bond donors (Lipinski definition) is 0. The van der Waals surface area contributed by atoms with E-state index in [1.54, 1.807) is 0 Å². The first-order chi connectivity index (χ1) is 7.49. The van der Waals surface area contributed by atoms with Gasteiger partial charge < -0.3 is 9.64 Å². The van der Waals surface area contributed by atoms with Crippen molar-refractivity contribution in [2.75, 3.05) is 25.1 Å². The highest BCUT2D eigenvalue weighted by Crippen LogP contribution is 2.12. The van der Waals surface area contributed by atoms with E-state index in [0.29, 0.717) is 19.1 Å². The van der Waals surface area contributed by atoms with Gasteiger partial charge in [0.25, 0.3) is 0 Å². The summed E-state index contributed by atoms with van der Waals surface area (Å²) in [6.45, 7) is 5.22.